The highest BCUT2D eigenvalue weighted by molar-refractivity contribution is 5.99. The van der Waals surface area contributed by atoms with Crippen molar-refractivity contribution in [3.63, 3.8) is 0 Å². The molecule has 2 N–H and O–H groups in total. The largest absolute Gasteiger partial charge is 0.484 e. The first-order valence-corrected chi connectivity index (χ1v) is 7.90. The first kappa shape index (κ1) is 16.1. The van der Waals surface area contributed by atoms with E-state index in [2.05, 4.69) is 5.32 Å². The van der Waals surface area contributed by atoms with E-state index in [0.29, 0.717) is 17.9 Å². The van der Waals surface area contributed by atoms with E-state index < -0.39 is 17.8 Å². The molecule has 0 bridgehead atoms. The number of anilines is 1. The maximum atomic E-state index is 12.2. The molecule has 0 heterocycles. The summed E-state index contributed by atoms with van der Waals surface area (Å²) in [5.74, 6) is -1.65. The number of hydrogen-bond donors (Lipinski definition) is 2. The maximum Gasteiger partial charge on any atom is 0.307 e. The molecule has 3 rings (SSSR count). The van der Waals surface area contributed by atoms with Crippen LogP contribution in [-0.2, 0) is 9.59 Å². The molecule has 5 nitrogen and oxygen atoms in total. The Hall–Kier alpha value is -2.82. The minimum absolute atomic E-state index is 0.169. The summed E-state index contributed by atoms with van der Waals surface area (Å²) in [5.41, 5.74) is 1.59. The third-order valence-corrected chi connectivity index (χ3v) is 4.16. The lowest BCUT2D eigenvalue weighted by Crippen LogP contribution is -2.17. The molecule has 1 amide bonds. The number of carboxylic acids is 1. The van der Waals surface area contributed by atoms with Gasteiger partial charge in [0.15, 0.2) is 0 Å². The topological polar surface area (TPSA) is 75.6 Å². The summed E-state index contributed by atoms with van der Waals surface area (Å²) in [6.45, 7) is 1.94. The lowest BCUT2D eigenvalue weighted by atomic mass is 10.1. The Morgan fingerprint density at radius 3 is 2.42 bits per heavy atom. The molecule has 1 fully saturated rings. The van der Waals surface area contributed by atoms with Crippen LogP contribution in [0.25, 0.3) is 0 Å². The number of hydrogen-bond acceptors (Lipinski definition) is 3. The highest BCUT2D eigenvalue weighted by Crippen LogP contribution is 2.40. The van der Waals surface area contributed by atoms with Crippen molar-refractivity contribution in [3.8, 4) is 5.75 Å². The zero-order valence-electron chi connectivity index (χ0n) is 13.3. The van der Waals surface area contributed by atoms with Gasteiger partial charge in [0.1, 0.15) is 11.9 Å². The Balaban J connectivity index is 1.69. The molecule has 0 aliphatic heterocycles. The zero-order valence-corrected chi connectivity index (χ0v) is 13.3. The fraction of sp³-hybridized carbons (Fsp3) is 0.263. The van der Waals surface area contributed by atoms with E-state index in [1.807, 2.05) is 43.3 Å². The van der Waals surface area contributed by atoms with E-state index in [-0.39, 0.29) is 12.0 Å². The van der Waals surface area contributed by atoms with Crippen LogP contribution in [0, 0.1) is 11.8 Å². The number of para-hydroxylation sites is 2. The van der Waals surface area contributed by atoms with Crippen molar-refractivity contribution in [3.05, 3.63) is 60.2 Å². The highest BCUT2D eigenvalue weighted by Gasteiger charge is 2.48. The summed E-state index contributed by atoms with van der Waals surface area (Å²) >= 11 is 0. The molecule has 2 aromatic carbocycles. The normalized spacial score (nSPS) is 20.0. The van der Waals surface area contributed by atoms with Crippen LogP contribution in [0.2, 0.25) is 0 Å². The van der Waals surface area contributed by atoms with Crippen LogP contribution >= 0.6 is 0 Å². The van der Waals surface area contributed by atoms with Crippen molar-refractivity contribution in [1.82, 2.24) is 0 Å². The minimum Gasteiger partial charge on any atom is -0.484 e. The number of benzene rings is 2. The molecule has 0 spiro atoms. The van der Waals surface area contributed by atoms with Crippen LogP contribution < -0.4 is 10.1 Å². The average molecular weight is 325 g/mol. The van der Waals surface area contributed by atoms with E-state index in [4.69, 9.17) is 9.84 Å². The second-order valence-electron chi connectivity index (χ2n) is 5.94. The standard InChI is InChI=1S/C19H19NO4/c1-12(13-7-3-2-4-8-13)24-17-10-6-5-9-16(17)20-18(21)14-11-15(14)19(22)23/h2-10,12,14-15H,11H2,1H3,(H,20,21)(H,22,23). The maximum absolute atomic E-state index is 12.2. The fourth-order valence-electron chi connectivity index (χ4n) is 2.64. The van der Waals surface area contributed by atoms with Crippen molar-refractivity contribution in [2.75, 3.05) is 5.32 Å². The third-order valence-electron chi connectivity index (χ3n) is 4.16. The van der Waals surface area contributed by atoms with Gasteiger partial charge in [-0.2, -0.15) is 0 Å². The summed E-state index contributed by atoms with van der Waals surface area (Å²) in [6.07, 6.45) is 0.224. The van der Waals surface area contributed by atoms with Crippen molar-refractivity contribution >= 4 is 17.6 Å². The first-order valence-electron chi connectivity index (χ1n) is 7.90. The van der Waals surface area contributed by atoms with Crippen molar-refractivity contribution in [1.29, 1.82) is 0 Å². The highest BCUT2D eigenvalue weighted by atomic mass is 16.5. The molecule has 124 valence electrons. The zero-order chi connectivity index (χ0) is 17.1. The predicted octanol–water partition coefficient (Wildman–Crippen LogP) is 3.49. The van der Waals surface area contributed by atoms with Crippen LogP contribution in [0.15, 0.2) is 54.6 Å². The van der Waals surface area contributed by atoms with Crippen LogP contribution in [0.1, 0.15) is 25.0 Å². The van der Waals surface area contributed by atoms with E-state index in [9.17, 15) is 9.59 Å². The van der Waals surface area contributed by atoms with E-state index in [0.717, 1.165) is 5.56 Å². The predicted molar refractivity (Wildman–Crippen MR) is 89.8 cm³/mol. The lowest BCUT2D eigenvalue weighted by Gasteiger charge is -2.18. The quantitative estimate of drug-likeness (QED) is 0.852. The van der Waals surface area contributed by atoms with Gasteiger partial charge in [-0.25, -0.2) is 0 Å². The Bertz CT molecular complexity index is 744. The van der Waals surface area contributed by atoms with E-state index in [1.54, 1.807) is 18.2 Å². The number of aliphatic carboxylic acids is 1. The molecule has 3 atom stereocenters. The van der Waals surface area contributed by atoms with Crippen LogP contribution in [-0.4, -0.2) is 17.0 Å². The second-order valence-corrected chi connectivity index (χ2v) is 5.94. The SMILES string of the molecule is CC(Oc1ccccc1NC(=O)C1CC1C(=O)O)c1ccccc1. The van der Waals surface area contributed by atoms with Crippen molar-refractivity contribution in [2.24, 2.45) is 11.8 Å². The average Bonchev–Trinajstić information content (AvgIpc) is 3.38. The number of carboxylic acid groups (broad SMARTS) is 1. The monoisotopic (exact) mass is 325 g/mol. The summed E-state index contributed by atoms with van der Waals surface area (Å²) in [5, 5.41) is 11.7. The van der Waals surface area contributed by atoms with Crippen molar-refractivity contribution in [2.45, 2.75) is 19.4 Å². The van der Waals surface area contributed by atoms with E-state index >= 15 is 0 Å². The van der Waals surface area contributed by atoms with Gasteiger partial charge in [0, 0.05) is 0 Å². The van der Waals surface area contributed by atoms with Gasteiger partial charge in [-0.3, -0.25) is 9.59 Å². The Kier molecular flexibility index (Phi) is 4.51. The molecule has 0 saturated heterocycles. The van der Waals surface area contributed by atoms with Gasteiger partial charge < -0.3 is 15.2 Å². The van der Waals surface area contributed by atoms with Crippen LogP contribution in [0.3, 0.4) is 0 Å². The summed E-state index contributed by atoms with van der Waals surface area (Å²) < 4.78 is 5.98. The Labute approximate surface area is 140 Å². The smallest absolute Gasteiger partial charge is 0.307 e. The van der Waals surface area contributed by atoms with Gasteiger partial charge in [-0.15, -0.1) is 0 Å². The van der Waals surface area contributed by atoms with Crippen molar-refractivity contribution < 1.29 is 19.4 Å². The van der Waals surface area contributed by atoms with E-state index in [1.165, 1.54) is 0 Å². The molecule has 3 unspecified atom stereocenters. The van der Waals surface area contributed by atoms with Gasteiger partial charge >= 0.3 is 5.97 Å². The molecule has 1 aliphatic carbocycles. The summed E-state index contributed by atoms with van der Waals surface area (Å²) in [6, 6.07) is 17.0. The minimum atomic E-state index is -0.919. The number of carbonyl (C=O) groups excluding carboxylic acids is 1. The van der Waals surface area contributed by atoms with Gasteiger partial charge in [0.25, 0.3) is 0 Å². The van der Waals surface area contributed by atoms with Crippen LogP contribution in [0.5, 0.6) is 5.75 Å². The lowest BCUT2D eigenvalue weighted by molar-refractivity contribution is -0.139. The number of nitrogens with one attached hydrogen (secondary N) is 1. The molecule has 5 heteroatoms. The number of carbonyl (C=O) groups is 2. The number of ether oxygens (including phenoxy) is 1. The first-order chi connectivity index (χ1) is 11.6. The second kappa shape index (κ2) is 6.74. The fourth-order valence-corrected chi connectivity index (χ4v) is 2.64. The summed E-state index contributed by atoms with van der Waals surface area (Å²) in [7, 11) is 0. The molecule has 1 aliphatic rings. The van der Waals surface area contributed by atoms with Gasteiger partial charge in [0.05, 0.1) is 17.5 Å². The molecular weight excluding hydrogens is 306 g/mol. The van der Waals surface area contributed by atoms with Gasteiger partial charge in [-0.1, -0.05) is 42.5 Å². The van der Waals surface area contributed by atoms with Crippen LogP contribution in [0.4, 0.5) is 5.69 Å². The molecule has 0 radical (unpaired) electrons. The number of rotatable bonds is 6. The molecule has 0 aromatic heterocycles. The summed E-state index contributed by atoms with van der Waals surface area (Å²) in [4.78, 5) is 23.1. The number of amides is 1. The van der Waals surface area contributed by atoms with Gasteiger partial charge in [-0.05, 0) is 31.0 Å². The molecule has 2 aromatic rings. The molecule has 24 heavy (non-hydrogen) atoms. The third kappa shape index (κ3) is 3.56. The Morgan fingerprint density at radius 1 is 1.08 bits per heavy atom. The molecule has 1 saturated carbocycles. The Morgan fingerprint density at radius 2 is 1.75 bits per heavy atom. The van der Waals surface area contributed by atoms with Gasteiger partial charge in [0.2, 0.25) is 5.91 Å². The molecular formula is C19H19NO4.